The molecular formula is C15H25Cl2N5O. The molecule has 2 aliphatic heterocycles. The number of carbonyl (C=O) groups excluding carboxylic acids is 1. The summed E-state index contributed by atoms with van der Waals surface area (Å²) in [7, 11) is 0. The monoisotopic (exact) mass is 361 g/mol. The molecule has 23 heavy (non-hydrogen) atoms. The van der Waals surface area contributed by atoms with Crippen LogP contribution in [0.15, 0.2) is 0 Å². The Hall–Kier alpha value is -0.820. The Kier molecular flexibility index (Phi) is 5.94. The summed E-state index contributed by atoms with van der Waals surface area (Å²) in [5.41, 5.74) is 2.73. The summed E-state index contributed by atoms with van der Waals surface area (Å²) in [5.74, 6) is -0.0222. The maximum atomic E-state index is 12.5. The van der Waals surface area contributed by atoms with Crippen LogP contribution in [0.1, 0.15) is 47.9 Å². The van der Waals surface area contributed by atoms with E-state index in [9.17, 15) is 4.79 Å². The van der Waals surface area contributed by atoms with Crippen LogP contribution in [0.4, 0.5) is 0 Å². The van der Waals surface area contributed by atoms with Gasteiger partial charge in [0.25, 0.3) is 5.91 Å². The van der Waals surface area contributed by atoms with Gasteiger partial charge in [-0.05, 0) is 26.2 Å². The lowest BCUT2D eigenvalue weighted by Gasteiger charge is -2.19. The molecule has 0 bridgehead atoms. The number of nitrogens with zero attached hydrogens (tertiary/aromatic N) is 2. The molecule has 2 unspecified atom stereocenters. The number of amides is 1. The maximum absolute atomic E-state index is 12.5. The first kappa shape index (κ1) is 18.5. The topological polar surface area (TPSA) is 73.0 Å². The fraction of sp³-hybridized carbons (Fsp3) is 0.733. The zero-order valence-electron chi connectivity index (χ0n) is 13.3. The summed E-state index contributed by atoms with van der Waals surface area (Å²) in [6.45, 7) is 4.95. The fourth-order valence-electron chi connectivity index (χ4n) is 3.74. The van der Waals surface area contributed by atoms with Crippen LogP contribution in [0.5, 0.6) is 0 Å². The molecule has 3 heterocycles. The van der Waals surface area contributed by atoms with Crippen molar-refractivity contribution in [1.29, 1.82) is 0 Å². The van der Waals surface area contributed by atoms with Crippen molar-refractivity contribution in [3.05, 3.63) is 17.0 Å². The number of carbonyl (C=O) groups is 1. The van der Waals surface area contributed by atoms with Gasteiger partial charge in [-0.3, -0.25) is 14.8 Å². The number of halogens is 2. The molecular weight excluding hydrogens is 337 g/mol. The number of hydrogen-bond acceptors (Lipinski definition) is 4. The van der Waals surface area contributed by atoms with Gasteiger partial charge in [0.2, 0.25) is 0 Å². The number of hydrogen-bond donors (Lipinski definition) is 3. The van der Waals surface area contributed by atoms with Crippen molar-refractivity contribution < 1.29 is 4.79 Å². The van der Waals surface area contributed by atoms with E-state index >= 15 is 0 Å². The van der Waals surface area contributed by atoms with Crippen LogP contribution < -0.4 is 10.6 Å². The molecule has 130 valence electrons. The minimum absolute atomic E-state index is 0. The zero-order valence-corrected chi connectivity index (χ0v) is 14.9. The van der Waals surface area contributed by atoms with Crippen molar-refractivity contribution in [3.8, 4) is 0 Å². The van der Waals surface area contributed by atoms with E-state index in [4.69, 9.17) is 0 Å². The normalized spacial score (nSPS) is 26.8. The quantitative estimate of drug-likeness (QED) is 0.757. The van der Waals surface area contributed by atoms with Gasteiger partial charge in [-0.25, -0.2) is 0 Å². The number of rotatable bonds is 3. The summed E-state index contributed by atoms with van der Waals surface area (Å²) in [6, 6.07) is 1.61. The number of likely N-dealkylation sites (tertiary alicyclic amines) is 1. The summed E-state index contributed by atoms with van der Waals surface area (Å²) >= 11 is 0. The second kappa shape index (κ2) is 7.38. The molecule has 1 aliphatic carbocycles. The smallest absolute Gasteiger partial charge is 0.272 e. The summed E-state index contributed by atoms with van der Waals surface area (Å²) in [6.07, 6.45) is 4.62. The van der Waals surface area contributed by atoms with Gasteiger partial charge in [-0.2, -0.15) is 5.10 Å². The van der Waals surface area contributed by atoms with Gasteiger partial charge >= 0.3 is 0 Å². The first-order chi connectivity index (χ1) is 10.2. The number of fused-ring (bicyclic) bond motifs is 1. The standard InChI is InChI=1S/C15H23N5O.2ClH/c1-9-6-10(8-20(9)11-2-3-11)17-15(21)14-12-7-16-5-4-13(12)18-19-14;;/h9-11,16H,2-8H2,1H3,(H,17,21)(H,18,19);2*1H. The van der Waals surface area contributed by atoms with Crippen LogP contribution in [-0.4, -0.2) is 52.2 Å². The van der Waals surface area contributed by atoms with E-state index in [1.54, 1.807) is 0 Å². The van der Waals surface area contributed by atoms with Gasteiger partial charge in [0.05, 0.1) is 0 Å². The highest BCUT2D eigenvalue weighted by Gasteiger charge is 2.39. The first-order valence-corrected chi connectivity index (χ1v) is 8.06. The Bertz CT molecular complexity index is 560. The van der Waals surface area contributed by atoms with E-state index in [1.807, 2.05) is 0 Å². The summed E-state index contributed by atoms with van der Waals surface area (Å²) < 4.78 is 0. The van der Waals surface area contributed by atoms with E-state index in [-0.39, 0.29) is 36.8 Å². The fourth-order valence-corrected chi connectivity index (χ4v) is 3.74. The molecule has 3 aliphatic rings. The molecule has 2 atom stereocenters. The number of aromatic nitrogens is 2. The van der Waals surface area contributed by atoms with Crippen molar-refractivity contribution in [2.24, 2.45) is 0 Å². The second-order valence-electron chi connectivity index (χ2n) is 6.64. The van der Waals surface area contributed by atoms with Crippen molar-refractivity contribution in [2.75, 3.05) is 13.1 Å². The maximum Gasteiger partial charge on any atom is 0.272 e. The summed E-state index contributed by atoms with van der Waals surface area (Å²) in [5, 5.41) is 13.7. The summed E-state index contributed by atoms with van der Waals surface area (Å²) in [4.78, 5) is 15.0. The Labute approximate surface area is 149 Å². The zero-order chi connectivity index (χ0) is 14.4. The molecule has 0 radical (unpaired) electrons. The van der Waals surface area contributed by atoms with Gasteiger partial charge in [-0.1, -0.05) is 0 Å². The van der Waals surface area contributed by atoms with E-state index in [0.717, 1.165) is 49.8 Å². The first-order valence-electron chi connectivity index (χ1n) is 8.06. The molecule has 1 aromatic rings. The average molecular weight is 362 g/mol. The van der Waals surface area contributed by atoms with E-state index in [0.29, 0.717) is 11.7 Å². The lowest BCUT2D eigenvalue weighted by Crippen LogP contribution is -2.38. The van der Waals surface area contributed by atoms with Crippen molar-refractivity contribution >= 4 is 30.7 Å². The average Bonchev–Trinajstić information content (AvgIpc) is 3.12. The SMILES string of the molecule is CC1CC(NC(=O)c2n[nH]c3c2CNCC3)CN1C1CC1.Cl.Cl. The largest absolute Gasteiger partial charge is 0.347 e. The molecule has 0 spiro atoms. The Morgan fingerprint density at radius 3 is 2.87 bits per heavy atom. The van der Waals surface area contributed by atoms with Crippen molar-refractivity contribution in [2.45, 2.75) is 57.3 Å². The molecule has 0 aromatic carbocycles. The highest BCUT2D eigenvalue weighted by molar-refractivity contribution is 5.94. The predicted molar refractivity (Wildman–Crippen MR) is 93.6 cm³/mol. The van der Waals surface area contributed by atoms with E-state index in [2.05, 4.69) is 32.7 Å². The van der Waals surface area contributed by atoms with Gasteiger partial charge in [0.1, 0.15) is 0 Å². The van der Waals surface area contributed by atoms with Gasteiger partial charge < -0.3 is 10.6 Å². The lowest BCUT2D eigenvalue weighted by atomic mass is 10.1. The van der Waals surface area contributed by atoms with E-state index in [1.165, 1.54) is 12.8 Å². The van der Waals surface area contributed by atoms with Crippen LogP contribution in [-0.2, 0) is 13.0 Å². The van der Waals surface area contributed by atoms with Gasteiger partial charge in [0.15, 0.2) is 5.69 Å². The third-order valence-corrected chi connectivity index (χ3v) is 5.00. The molecule has 4 rings (SSSR count). The molecule has 2 fully saturated rings. The highest BCUT2D eigenvalue weighted by Crippen LogP contribution is 2.33. The third kappa shape index (κ3) is 3.65. The van der Waals surface area contributed by atoms with Gasteiger partial charge in [-0.15, -0.1) is 24.8 Å². The second-order valence-corrected chi connectivity index (χ2v) is 6.64. The van der Waals surface area contributed by atoms with Crippen molar-refractivity contribution in [3.63, 3.8) is 0 Å². The molecule has 8 heteroatoms. The number of nitrogens with one attached hydrogen (secondary N) is 3. The van der Waals surface area contributed by atoms with Crippen LogP contribution in [0.3, 0.4) is 0 Å². The lowest BCUT2D eigenvalue weighted by molar-refractivity contribution is 0.0931. The van der Waals surface area contributed by atoms with Gasteiger partial charge in [0, 0.05) is 55.4 Å². The molecule has 1 saturated carbocycles. The minimum atomic E-state index is -0.0222. The molecule has 1 saturated heterocycles. The molecule has 6 nitrogen and oxygen atoms in total. The molecule has 1 amide bonds. The third-order valence-electron chi connectivity index (χ3n) is 5.00. The Balaban J connectivity index is 0.000000960. The van der Waals surface area contributed by atoms with Crippen LogP contribution in [0.2, 0.25) is 0 Å². The van der Waals surface area contributed by atoms with Crippen LogP contribution in [0, 0.1) is 0 Å². The van der Waals surface area contributed by atoms with Crippen molar-refractivity contribution in [1.82, 2.24) is 25.7 Å². The predicted octanol–water partition coefficient (Wildman–Crippen LogP) is 1.25. The highest BCUT2D eigenvalue weighted by atomic mass is 35.5. The number of aromatic amines is 1. The Morgan fingerprint density at radius 2 is 2.13 bits per heavy atom. The van der Waals surface area contributed by atoms with Crippen LogP contribution >= 0.6 is 24.8 Å². The molecule has 1 aromatic heterocycles. The van der Waals surface area contributed by atoms with E-state index < -0.39 is 0 Å². The Morgan fingerprint density at radius 1 is 1.35 bits per heavy atom. The number of H-pyrrole nitrogens is 1. The van der Waals surface area contributed by atoms with Crippen LogP contribution in [0.25, 0.3) is 0 Å². The minimum Gasteiger partial charge on any atom is -0.347 e. The molecule has 3 N–H and O–H groups in total.